The molecule has 1 aliphatic heterocycles. The van der Waals surface area contributed by atoms with E-state index in [0.717, 1.165) is 31.2 Å². The van der Waals surface area contributed by atoms with Crippen LogP contribution in [0.25, 0.3) is 0 Å². The zero-order valence-corrected chi connectivity index (χ0v) is 15.7. The van der Waals surface area contributed by atoms with Crippen LogP contribution in [0.5, 0.6) is 5.75 Å². The van der Waals surface area contributed by atoms with Gasteiger partial charge in [-0.25, -0.2) is 0 Å². The van der Waals surface area contributed by atoms with Crippen molar-refractivity contribution < 1.29 is 9.53 Å². The van der Waals surface area contributed by atoms with Gasteiger partial charge in [0, 0.05) is 32.1 Å². The van der Waals surface area contributed by atoms with E-state index in [2.05, 4.69) is 15.6 Å². The van der Waals surface area contributed by atoms with Crippen molar-refractivity contribution in [3.8, 4) is 5.75 Å². The number of nitrogens with zero attached hydrogens (tertiary/aromatic N) is 2. The Morgan fingerprint density at radius 2 is 2.24 bits per heavy atom. The second-order valence-electron chi connectivity index (χ2n) is 6.73. The Labute approximate surface area is 150 Å². The average Bonchev–Trinajstić information content (AvgIpc) is 3.05. The predicted molar refractivity (Wildman–Crippen MR) is 101 cm³/mol. The molecule has 25 heavy (non-hydrogen) atoms. The number of nitrogens with one attached hydrogen (secondary N) is 2. The Morgan fingerprint density at radius 3 is 2.92 bits per heavy atom. The van der Waals surface area contributed by atoms with E-state index in [1.807, 2.05) is 49.9 Å². The molecule has 2 rings (SSSR count). The highest BCUT2D eigenvalue weighted by atomic mass is 16.5. The summed E-state index contributed by atoms with van der Waals surface area (Å²) in [5.74, 6) is 1.90. The van der Waals surface area contributed by atoms with E-state index in [4.69, 9.17) is 4.74 Å². The summed E-state index contributed by atoms with van der Waals surface area (Å²) in [6.45, 7) is 8.70. The molecule has 1 heterocycles. The molecular weight excluding hydrogens is 316 g/mol. The van der Waals surface area contributed by atoms with E-state index in [-0.39, 0.29) is 17.9 Å². The maximum absolute atomic E-state index is 12.1. The standard InChI is InChI=1S/C19H30N4O2/c1-14(2)18(24)23-10-8-16(13-23)22-19(20-4)21-9-11-25-17-7-5-6-15(3)12-17/h5-7,12,14,16H,8-11,13H2,1-4H3,(H2,20,21,22). The maximum atomic E-state index is 12.1. The summed E-state index contributed by atoms with van der Waals surface area (Å²) < 4.78 is 5.73. The first-order valence-electron chi connectivity index (χ1n) is 8.95. The van der Waals surface area contributed by atoms with E-state index in [9.17, 15) is 4.79 Å². The Hall–Kier alpha value is -2.24. The van der Waals surface area contributed by atoms with Gasteiger partial charge in [0.25, 0.3) is 0 Å². The second kappa shape index (κ2) is 9.30. The van der Waals surface area contributed by atoms with Crippen LogP contribution < -0.4 is 15.4 Å². The minimum Gasteiger partial charge on any atom is -0.492 e. The molecule has 1 fully saturated rings. The van der Waals surface area contributed by atoms with E-state index in [0.29, 0.717) is 13.2 Å². The van der Waals surface area contributed by atoms with Crippen molar-refractivity contribution >= 4 is 11.9 Å². The van der Waals surface area contributed by atoms with Crippen molar-refractivity contribution in [2.24, 2.45) is 10.9 Å². The second-order valence-corrected chi connectivity index (χ2v) is 6.73. The predicted octanol–water partition coefficient (Wildman–Crippen LogP) is 1.80. The molecule has 2 N–H and O–H groups in total. The highest BCUT2D eigenvalue weighted by molar-refractivity contribution is 5.81. The lowest BCUT2D eigenvalue weighted by molar-refractivity contribution is -0.133. The van der Waals surface area contributed by atoms with Crippen LogP contribution in [-0.4, -0.2) is 56.1 Å². The molecule has 0 aromatic heterocycles. The summed E-state index contributed by atoms with van der Waals surface area (Å²) >= 11 is 0. The molecule has 1 saturated heterocycles. The molecule has 0 spiro atoms. The maximum Gasteiger partial charge on any atom is 0.225 e. The van der Waals surface area contributed by atoms with Gasteiger partial charge >= 0.3 is 0 Å². The summed E-state index contributed by atoms with van der Waals surface area (Å²) in [4.78, 5) is 18.2. The molecule has 1 aromatic carbocycles. The van der Waals surface area contributed by atoms with Gasteiger partial charge in [0.1, 0.15) is 12.4 Å². The Bertz CT molecular complexity index is 601. The van der Waals surface area contributed by atoms with Crippen LogP contribution in [0.4, 0.5) is 0 Å². The van der Waals surface area contributed by atoms with Crippen LogP contribution in [0.15, 0.2) is 29.3 Å². The van der Waals surface area contributed by atoms with Gasteiger partial charge in [-0.3, -0.25) is 9.79 Å². The molecule has 1 unspecified atom stereocenters. The van der Waals surface area contributed by atoms with Gasteiger partial charge in [0.05, 0.1) is 6.54 Å². The number of likely N-dealkylation sites (tertiary alicyclic amines) is 1. The van der Waals surface area contributed by atoms with Gasteiger partial charge in [-0.05, 0) is 31.0 Å². The normalized spacial score (nSPS) is 17.7. The zero-order chi connectivity index (χ0) is 18.2. The van der Waals surface area contributed by atoms with Crippen LogP contribution >= 0.6 is 0 Å². The lowest BCUT2D eigenvalue weighted by Crippen LogP contribution is -2.46. The van der Waals surface area contributed by atoms with Gasteiger partial charge in [0.2, 0.25) is 5.91 Å². The van der Waals surface area contributed by atoms with Crippen molar-refractivity contribution in [2.45, 2.75) is 33.2 Å². The van der Waals surface area contributed by atoms with Crippen LogP contribution in [0.3, 0.4) is 0 Å². The molecule has 138 valence electrons. The fourth-order valence-corrected chi connectivity index (χ4v) is 2.87. The number of benzene rings is 1. The van der Waals surface area contributed by atoms with Crippen LogP contribution in [0.2, 0.25) is 0 Å². The Morgan fingerprint density at radius 1 is 1.44 bits per heavy atom. The number of guanidine groups is 1. The van der Waals surface area contributed by atoms with E-state index >= 15 is 0 Å². The fourth-order valence-electron chi connectivity index (χ4n) is 2.87. The number of hydrogen-bond acceptors (Lipinski definition) is 3. The average molecular weight is 346 g/mol. The van der Waals surface area contributed by atoms with Crippen molar-refractivity contribution in [3.05, 3.63) is 29.8 Å². The first kappa shape index (κ1) is 19.1. The van der Waals surface area contributed by atoms with E-state index in [1.165, 1.54) is 5.56 Å². The Balaban J connectivity index is 1.70. The molecule has 1 aliphatic rings. The molecule has 0 aliphatic carbocycles. The molecule has 1 aromatic rings. The monoisotopic (exact) mass is 346 g/mol. The summed E-state index contributed by atoms with van der Waals surface area (Å²) in [5.41, 5.74) is 1.18. The SMILES string of the molecule is CN=C(NCCOc1cccc(C)c1)NC1CCN(C(=O)C(C)C)C1. The number of carbonyl (C=O) groups is 1. The molecule has 1 amide bonds. The lowest BCUT2D eigenvalue weighted by atomic mass is 10.2. The third-order valence-corrected chi connectivity index (χ3v) is 4.21. The van der Waals surface area contributed by atoms with Crippen molar-refractivity contribution in [3.63, 3.8) is 0 Å². The van der Waals surface area contributed by atoms with E-state index < -0.39 is 0 Å². The van der Waals surface area contributed by atoms with Gasteiger partial charge < -0.3 is 20.3 Å². The van der Waals surface area contributed by atoms with E-state index in [1.54, 1.807) is 7.05 Å². The number of hydrogen-bond donors (Lipinski definition) is 2. The Kier molecular flexibility index (Phi) is 7.10. The molecule has 0 radical (unpaired) electrons. The van der Waals surface area contributed by atoms with Crippen LogP contribution in [0.1, 0.15) is 25.8 Å². The largest absolute Gasteiger partial charge is 0.492 e. The molecule has 0 bridgehead atoms. The van der Waals surface area contributed by atoms with Gasteiger partial charge in [-0.1, -0.05) is 26.0 Å². The minimum absolute atomic E-state index is 0.0509. The third kappa shape index (κ3) is 5.96. The van der Waals surface area contributed by atoms with Gasteiger partial charge in [0.15, 0.2) is 5.96 Å². The molecule has 0 saturated carbocycles. The number of amides is 1. The number of aryl methyl sites for hydroxylation is 1. The van der Waals surface area contributed by atoms with Gasteiger partial charge in [-0.15, -0.1) is 0 Å². The highest BCUT2D eigenvalue weighted by Gasteiger charge is 2.27. The third-order valence-electron chi connectivity index (χ3n) is 4.21. The number of rotatable bonds is 6. The number of carbonyl (C=O) groups excluding carboxylic acids is 1. The molecular formula is C19H30N4O2. The van der Waals surface area contributed by atoms with Crippen LogP contribution in [0, 0.1) is 12.8 Å². The lowest BCUT2D eigenvalue weighted by Gasteiger charge is -2.20. The first-order chi connectivity index (χ1) is 12.0. The van der Waals surface area contributed by atoms with Crippen LogP contribution in [-0.2, 0) is 4.79 Å². The fraction of sp³-hybridized carbons (Fsp3) is 0.579. The molecule has 6 heteroatoms. The summed E-state index contributed by atoms with van der Waals surface area (Å²) in [6.07, 6.45) is 0.943. The highest BCUT2D eigenvalue weighted by Crippen LogP contribution is 2.13. The molecule has 1 atom stereocenters. The van der Waals surface area contributed by atoms with Crippen molar-refractivity contribution in [2.75, 3.05) is 33.3 Å². The topological polar surface area (TPSA) is 66.0 Å². The summed E-state index contributed by atoms with van der Waals surface area (Å²) in [7, 11) is 1.75. The van der Waals surface area contributed by atoms with Crippen molar-refractivity contribution in [1.82, 2.24) is 15.5 Å². The zero-order valence-electron chi connectivity index (χ0n) is 15.7. The van der Waals surface area contributed by atoms with Crippen molar-refractivity contribution in [1.29, 1.82) is 0 Å². The summed E-state index contributed by atoms with van der Waals surface area (Å²) in [6, 6.07) is 8.26. The number of ether oxygens (including phenoxy) is 1. The van der Waals surface area contributed by atoms with Gasteiger partial charge in [-0.2, -0.15) is 0 Å². The smallest absolute Gasteiger partial charge is 0.225 e. The molecule has 6 nitrogen and oxygen atoms in total. The quantitative estimate of drug-likeness (QED) is 0.468. The minimum atomic E-state index is 0.0509. The summed E-state index contributed by atoms with van der Waals surface area (Å²) in [5, 5.41) is 6.65. The first-order valence-corrected chi connectivity index (χ1v) is 8.95. The number of aliphatic imine (C=N–C) groups is 1.